The average Bonchev–Trinajstić information content (AvgIpc) is 2.52. The SMILES string of the molecule is CNCCc1nc2cc(C)cc(Cl)c2n1C. The van der Waals surface area contributed by atoms with Crippen molar-refractivity contribution < 1.29 is 0 Å². The maximum atomic E-state index is 6.24. The topological polar surface area (TPSA) is 29.9 Å². The number of nitrogens with zero attached hydrogens (tertiary/aromatic N) is 2. The van der Waals surface area contributed by atoms with Gasteiger partial charge < -0.3 is 9.88 Å². The molecule has 86 valence electrons. The lowest BCUT2D eigenvalue weighted by molar-refractivity contribution is 0.726. The molecule has 1 aromatic heterocycles. The Morgan fingerprint density at radius 3 is 2.88 bits per heavy atom. The summed E-state index contributed by atoms with van der Waals surface area (Å²) < 4.78 is 2.08. The molecule has 0 saturated heterocycles. The molecule has 0 atom stereocenters. The number of nitrogens with one attached hydrogen (secondary N) is 1. The summed E-state index contributed by atoms with van der Waals surface area (Å²) in [6.45, 7) is 2.96. The molecule has 0 aliphatic heterocycles. The molecule has 0 unspecified atom stereocenters. The van der Waals surface area contributed by atoms with Crippen molar-refractivity contribution in [2.24, 2.45) is 7.05 Å². The largest absolute Gasteiger partial charge is 0.330 e. The first-order valence-corrected chi connectivity index (χ1v) is 5.77. The van der Waals surface area contributed by atoms with Crippen LogP contribution in [-0.2, 0) is 13.5 Å². The number of aryl methyl sites for hydroxylation is 2. The van der Waals surface area contributed by atoms with E-state index >= 15 is 0 Å². The van der Waals surface area contributed by atoms with E-state index in [9.17, 15) is 0 Å². The second kappa shape index (κ2) is 4.44. The number of fused-ring (bicyclic) bond motifs is 1. The predicted molar refractivity (Wildman–Crippen MR) is 68.1 cm³/mol. The van der Waals surface area contributed by atoms with E-state index in [2.05, 4.69) is 20.9 Å². The van der Waals surface area contributed by atoms with Crippen LogP contribution in [0.15, 0.2) is 12.1 Å². The van der Waals surface area contributed by atoms with E-state index in [0.717, 1.165) is 40.4 Å². The van der Waals surface area contributed by atoms with Gasteiger partial charge in [0.05, 0.1) is 16.1 Å². The van der Waals surface area contributed by atoms with Gasteiger partial charge in [-0.3, -0.25) is 0 Å². The van der Waals surface area contributed by atoms with Gasteiger partial charge in [0.25, 0.3) is 0 Å². The van der Waals surface area contributed by atoms with E-state index in [4.69, 9.17) is 11.6 Å². The maximum Gasteiger partial charge on any atom is 0.110 e. The van der Waals surface area contributed by atoms with E-state index in [1.54, 1.807) is 0 Å². The highest BCUT2D eigenvalue weighted by Crippen LogP contribution is 2.25. The Balaban J connectivity index is 2.54. The van der Waals surface area contributed by atoms with Crippen molar-refractivity contribution in [1.82, 2.24) is 14.9 Å². The Hall–Kier alpha value is -1.06. The van der Waals surface area contributed by atoms with E-state index in [1.165, 1.54) is 0 Å². The van der Waals surface area contributed by atoms with Crippen LogP contribution in [0.2, 0.25) is 5.02 Å². The van der Waals surface area contributed by atoms with Gasteiger partial charge in [-0.1, -0.05) is 11.6 Å². The Bertz CT molecular complexity index is 516. The van der Waals surface area contributed by atoms with Gasteiger partial charge in [-0.05, 0) is 31.7 Å². The van der Waals surface area contributed by atoms with Crippen LogP contribution >= 0.6 is 11.6 Å². The lowest BCUT2D eigenvalue weighted by Gasteiger charge is -2.03. The monoisotopic (exact) mass is 237 g/mol. The van der Waals surface area contributed by atoms with E-state index in [0.29, 0.717) is 0 Å². The Morgan fingerprint density at radius 1 is 1.44 bits per heavy atom. The summed E-state index contributed by atoms with van der Waals surface area (Å²) in [6, 6.07) is 4.05. The Labute approximate surface area is 100 Å². The summed E-state index contributed by atoms with van der Waals surface area (Å²) in [5, 5.41) is 3.91. The summed E-state index contributed by atoms with van der Waals surface area (Å²) in [7, 11) is 3.96. The highest BCUT2D eigenvalue weighted by molar-refractivity contribution is 6.35. The minimum Gasteiger partial charge on any atom is -0.330 e. The normalized spacial score (nSPS) is 11.2. The van der Waals surface area contributed by atoms with Crippen LogP contribution in [0.4, 0.5) is 0 Å². The Kier molecular flexibility index (Phi) is 3.17. The number of benzene rings is 1. The summed E-state index contributed by atoms with van der Waals surface area (Å²) in [5.41, 5.74) is 3.16. The molecule has 0 amide bonds. The lowest BCUT2D eigenvalue weighted by atomic mass is 10.2. The van der Waals surface area contributed by atoms with Gasteiger partial charge in [-0.15, -0.1) is 0 Å². The molecule has 0 aliphatic rings. The van der Waals surface area contributed by atoms with Gasteiger partial charge in [0.2, 0.25) is 0 Å². The molecule has 4 heteroatoms. The van der Waals surface area contributed by atoms with Gasteiger partial charge in [-0.2, -0.15) is 0 Å². The van der Waals surface area contributed by atoms with Crippen LogP contribution in [-0.4, -0.2) is 23.1 Å². The smallest absolute Gasteiger partial charge is 0.110 e. The molecular formula is C12H16ClN3. The van der Waals surface area contributed by atoms with E-state index < -0.39 is 0 Å². The van der Waals surface area contributed by atoms with Crippen LogP contribution in [0.1, 0.15) is 11.4 Å². The van der Waals surface area contributed by atoms with Crippen molar-refractivity contribution >= 4 is 22.6 Å². The molecule has 0 radical (unpaired) electrons. The molecule has 0 spiro atoms. The zero-order chi connectivity index (χ0) is 11.7. The molecule has 0 saturated carbocycles. The van der Waals surface area contributed by atoms with Gasteiger partial charge in [-0.25, -0.2) is 4.98 Å². The first-order chi connectivity index (χ1) is 7.63. The first-order valence-electron chi connectivity index (χ1n) is 5.39. The molecule has 2 aromatic rings. The quantitative estimate of drug-likeness (QED) is 0.888. The molecule has 1 N–H and O–H groups in total. The van der Waals surface area contributed by atoms with Gasteiger partial charge in [0, 0.05) is 20.0 Å². The van der Waals surface area contributed by atoms with Crippen LogP contribution < -0.4 is 5.32 Å². The van der Waals surface area contributed by atoms with Gasteiger partial charge in [0.1, 0.15) is 5.82 Å². The molecule has 1 aromatic carbocycles. The fraction of sp³-hybridized carbons (Fsp3) is 0.417. The third-order valence-corrected chi connectivity index (χ3v) is 3.05. The first kappa shape index (κ1) is 11.4. The molecule has 1 heterocycles. The number of likely N-dealkylation sites (N-methyl/N-ethyl adjacent to an activating group) is 1. The zero-order valence-electron chi connectivity index (χ0n) is 9.84. The van der Waals surface area contributed by atoms with Crippen molar-refractivity contribution in [3.8, 4) is 0 Å². The molecule has 16 heavy (non-hydrogen) atoms. The second-order valence-corrected chi connectivity index (χ2v) is 4.46. The molecule has 3 nitrogen and oxygen atoms in total. The number of hydrogen-bond donors (Lipinski definition) is 1. The molecular weight excluding hydrogens is 222 g/mol. The fourth-order valence-corrected chi connectivity index (χ4v) is 2.33. The summed E-state index contributed by atoms with van der Waals surface area (Å²) >= 11 is 6.24. The molecule has 0 fully saturated rings. The van der Waals surface area contributed by atoms with Gasteiger partial charge >= 0.3 is 0 Å². The highest BCUT2D eigenvalue weighted by Gasteiger charge is 2.10. The minimum absolute atomic E-state index is 0.778. The second-order valence-electron chi connectivity index (χ2n) is 4.06. The van der Waals surface area contributed by atoms with Crippen LogP contribution in [0.25, 0.3) is 11.0 Å². The lowest BCUT2D eigenvalue weighted by Crippen LogP contribution is -2.13. The molecule has 0 bridgehead atoms. The summed E-state index contributed by atoms with van der Waals surface area (Å²) in [4.78, 5) is 4.61. The fourth-order valence-electron chi connectivity index (χ4n) is 1.94. The highest BCUT2D eigenvalue weighted by atomic mass is 35.5. The standard InChI is InChI=1S/C12H16ClN3/c1-8-6-9(13)12-10(7-8)15-11(16(12)3)4-5-14-2/h6-7,14H,4-5H2,1-3H3. The van der Waals surface area contributed by atoms with Crippen LogP contribution in [0, 0.1) is 6.92 Å². The third-order valence-electron chi connectivity index (χ3n) is 2.76. The minimum atomic E-state index is 0.778. The van der Waals surface area contributed by atoms with E-state index in [-0.39, 0.29) is 0 Å². The van der Waals surface area contributed by atoms with Crippen molar-refractivity contribution in [3.05, 3.63) is 28.5 Å². The number of aromatic nitrogens is 2. The van der Waals surface area contributed by atoms with Crippen molar-refractivity contribution in [1.29, 1.82) is 0 Å². The summed E-state index contributed by atoms with van der Waals surface area (Å²) in [5.74, 6) is 1.07. The number of imidazole rings is 1. The van der Waals surface area contributed by atoms with Crippen LogP contribution in [0.3, 0.4) is 0 Å². The van der Waals surface area contributed by atoms with Gasteiger partial charge in [0.15, 0.2) is 0 Å². The van der Waals surface area contributed by atoms with Crippen molar-refractivity contribution in [3.63, 3.8) is 0 Å². The molecule has 2 rings (SSSR count). The van der Waals surface area contributed by atoms with Crippen molar-refractivity contribution in [2.75, 3.05) is 13.6 Å². The number of hydrogen-bond acceptors (Lipinski definition) is 2. The third kappa shape index (κ3) is 1.93. The number of halogens is 1. The summed E-state index contributed by atoms with van der Waals surface area (Å²) in [6.07, 6.45) is 0.914. The molecule has 0 aliphatic carbocycles. The predicted octanol–water partition coefficient (Wildman–Crippen LogP) is 2.30. The zero-order valence-corrected chi connectivity index (χ0v) is 10.6. The Morgan fingerprint density at radius 2 is 2.19 bits per heavy atom. The average molecular weight is 238 g/mol. The van der Waals surface area contributed by atoms with Crippen molar-refractivity contribution in [2.45, 2.75) is 13.3 Å². The number of rotatable bonds is 3. The van der Waals surface area contributed by atoms with E-state index in [1.807, 2.05) is 27.1 Å². The maximum absolute atomic E-state index is 6.24. The van der Waals surface area contributed by atoms with Crippen LogP contribution in [0.5, 0.6) is 0 Å².